The van der Waals surface area contributed by atoms with Gasteiger partial charge in [-0.05, 0) is 53.6 Å². The second kappa shape index (κ2) is 14.5. The topological polar surface area (TPSA) is 108 Å². The first-order valence-corrected chi connectivity index (χ1v) is 12.6. The summed E-state index contributed by atoms with van der Waals surface area (Å²) < 4.78 is 43.1. The molecule has 3 aromatic carbocycles. The molecule has 0 saturated heterocycles. The number of hydrogen-bond donors (Lipinski definition) is 0. The molecule has 0 N–H and O–H groups in total. The van der Waals surface area contributed by atoms with Crippen molar-refractivity contribution in [3.63, 3.8) is 0 Å². The fourth-order valence-corrected chi connectivity index (χ4v) is 4.20. The number of benzene rings is 3. The standard InChI is InChI=1S/C32H34O10/c1-35-25-18-26(36-2)22(24(34)12-10-20-15-29(39-5)32(42-8)30(16-20)40-6)17-21(25)23(33)11-9-19-13-27(37-3)31(41-7)28(14-19)38-4/h9-18H,1-8H3/b11-9+,12-10+. The lowest BCUT2D eigenvalue weighted by Gasteiger charge is -2.13. The van der Waals surface area contributed by atoms with Crippen LogP contribution in [0.2, 0.25) is 0 Å². The number of allylic oxidation sites excluding steroid dienone is 2. The number of rotatable bonds is 14. The monoisotopic (exact) mass is 578 g/mol. The Bertz CT molecular complexity index is 1340. The fraction of sp³-hybridized carbons (Fsp3) is 0.250. The van der Waals surface area contributed by atoms with Crippen molar-refractivity contribution in [2.75, 3.05) is 56.9 Å². The van der Waals surface area contributed by atoms with E-state index in [4.69, 9.17) is 37.9 Å². The summed E-state index contributed by atoms with van der Waals surface area (Å²) in [5, 5.41) is 0. The SMILES string of the molecule is COc1cc(OC)c(C(=O)/C=C/c2cc(OC)c(OC)c(OC)c2)cc1C(=O)/C=C/c1cc(OC)c(OC)c(OC)c1. The van der Waals surface area contributed by atoms with Gasteiger partial charge >= 0.3 is 0 Å². The van der Waals surface area contributed by atoms with Crippen LogP contribution in [0.3, 0.4) is 0 Å². The molecule has 10 heteroatoms. The van der Waals surface area contributed by atoms with Gasteiger partial charge in [0.25, 0.3) is 0 Å². The Labute approximate surface area is 245 Å². The van der Waals surface area contributed by atoms with E-state index in [1.54, 1.807) is 36.4 Å². The van der Waals surface area contributed by atoms with Gasteiger partial charge in [-0.3, -0.25) is 9.59 Å². The lowest BCUT2D eigenvalue weighted by molar-refractivity contribution is 0.104. The molecule has 10 nitrogen and oxygen atoms in total. The third kappa shape index (κ3) is 6.77. The lowest BCUT2D eigenvalue weighted by atomic mass is 10.00. The number of carbonyl (C=O) groups excluding carboxylic acids is 2. The second-order valence-electron chi connectivity index (χ2n) is 8.57. The van der Waals surface area contributed by atoms with E-state index in [1.165, 1.54) is 81.2 Å². The summed E-state index contributed by atoms with van der Waals surface area (Å²) in [6.45, 7) is 0. The third-order valence-electron chi connectivity index (χ3n) is 6.28. The van der Waals surface area contributed by atoms with Crippen LogP contribution in [0.5, 0.6) is 46.0 Å². The van der Waals surface area contributed by atoms with Crippen LogP contribution in [0.4, 0.5) is 0 Å². The van der Waals surface area contributed by atoms with Crippen LogP contribution in [-0.2, 0) is 0 Å². The highest BCUT2D eigenvalue weighted by molar-refractivity contribution is 6.13. The summed E-state index contributed by atoms with van der Waals surface area (Å²) in [4.78, 5) is 26.6. The molecule has 0 aliphatic heterocycles. The molecule has 0 spiro atoms. The zero-order chi connectivity index (χ0) is 30.8. The van der Waals surface area contributed by atoms with Crippen LogP contribution in [0, 0.1) is 0 Å². The van der Waals surface area contributed by atoms with Crippen molar-refractivity contribution in [1.29, 1.82) is 0 Å². The van der Waals surface area contributed by atoms with Crippen LogP contribution < -0.4 is 37.9 Å². The molecule has 0 aliphatic rings. The van der Waals surface area contributed by atoms with Crippen LogP contribution >= 0.6 is 0 Å². The Morgan fingerprint density at radius 2 is 0.738 bits per heavy atom. The second-order valence-corrected chi connectivity index (χ2v) is 8.57. The lowest BCUT2D eigenvalue weighted by Crippen LogP contribution is -2.06. The van der Waals surface area contributed by atoms with Crippen molar-refractivity contribution in [3.8, 4) is 46.0 Å². The molecular weight excluding hydrogens is 544 g/mol. The van der Waals surface area contributed by atoms with Gasteiger partial charge in [0.15, 0.2) is 34.6 Å². The smallest absolute Gasteiger partial charge is 0.203 e. The van der Waals surface area contributed by atoms with E-state index in [-0.39, 0.29) is 22.6 Å². The summed E-state index contributed by atoms with van der Waals surface area (Å²) in [6.07, 6.45) is 5.93. The zero-order valence-corrected chi connectivity index (χ0v) is 24.9. The molecule has 0 bridgehead atoms. The number of carbonyl (C=O) groups is 2. The van der Waals surface area contributed by atoms with Gasteiger partial charge in [0, 0.05) is 6.07 Å². The average Bonchev–Trinajstić information content (AvgIpc) is 3.03. The fourth-order valence-electron chi connectivity index (χ4n) is 4.20. The molecule has 0 atom stereocenters. The number of ether oxygens (including phenoxy) is 8. The largest absolute Gasteiger partial charge is 0.496 e. The molecule has 0 unspecified atom stereocenters. The van der Waals surface area contributed by atoms with E-state index in [2.05, 4.69) is 0 Å². The molecule has 3 aromatic rings. The Morgan fingerprint density at radius 1 is 0.429 bits per heavy atom. The maximum absolute atomic E-state index is 13.3. The molecule has 42 heavy (non-hydrogen) atoms. The molecule has 0 saturated carbocycles. The first kappa shape index (κ1) is 31.4. The van der Waals surface area contributed by atoms with Gasteiger partial charge in [-0.25, -0.2) is 0 Å². The van der Waals surface area contributed by atoms with Gasteiger partial charge < -0.3 is 37.9 Å². The van der Waals surface area contributed by atoms with E-state index in [1.807, 2.05) is 0 Å². The van der Waals surface area contributed by atoms with Crippen molar-refractivity contribution in [3.05, 3.63) is 70.8 Å². The minimum Gasteiger partial charge on any atom is -0.496 e. The maximum Gasteiger partial charge on any atom is 0.203 e. The predicted molar refractivity (Wildman–Crippen MR) is 158 cm³/mol. The first-order valence-electron chi connectivity index (χ1n) is 12.6. The molecular formula is C32H34O10. The molecule has 0 heterocycles. The van der Waals surface area contributed by atoms with E-state index in [0.717, 1.165) is 0 Å². The van der Waals surface area contributed by atoms with E-state index in [0.29, 0.717) is 45.6 Å². The normalized spacial score (nSPS) is 10.9. The molecule has 0 aromatic heterocycles. The van der Waals surface area contributed by atoms with E-state index >= 15 is 0 Å². The molecule has 0 amide bonds. The molecule has 0 aliphatic carbocycles. The van der Waals surface area contributed by atoms with Crippen molar-refractivity contribution in [2.45, 2.75) is 0 Å². The minimum atomic E-state index is -0.397. The van der Waals surface area contributed by atoms with Crippen LogP contribution in [-0.4, -0.2) is 68.4 Å². The zero-order valence-electron chi connectivity index (χ0n) is 24.9. The van der Waals surface area contributed by atoms with Crippen molar-refractivity contribution in [1.82, 2.24) is 0 Å². The highest BCUT2D eigenvalue weighted by Crippen LogP contribution is 2.40. The molecule has 0 fully saturated rings. The summed E-state index contributed by atoms with van der Waals surface area (Å²) >= 11 is 0. The first-order chi connectivity index (χ1) is 20.3. The highest BCUT2D eigenvalue weighted by Gasteiger charge is 2.20. The minimum absolute atomic E-state index is 0.173. The Hall–Kier alpha value is -5.12. The van der Waals surface area contributed by atoms with Crippen LogP contribution in [0.15, 0.2) is 48.6 Å². The van der Waals surface area contributed by atoms with E-state index < -0.39 is 11.6 Å². The van der Waals surface area contributed by atoms with Crippen LogP contribution in [0.1, 0.15) is 31.8 Å². The van der Waals surface area contributed by atoms with Gasteiger partial charge in [0.2, 0.25) is 11.5 Å². The predicted octanol–water partition coefficient (Wildman–Crippen LogP) is 5.55. The Balaban J connectivity index is 1.98. The summed E-state index contributed by atoms with van der Waals surface area (Å²) in [7, 11) is 11.9. The molecule has 3 rings (SSSR count). The van der Waals surface area contributed by atoms with Gasteiger partial charge in [0.05, 0.1) is 68.0 Å². The summed E-state index contributed by atoms with van der Waals surface area (Å²) in [6, 6.07) is 9.78. The highest BCUT2D eigenvalue weighted by atomic mass is 16.5. The third-order valence-corrected chi connectivity index (χ3v) is 6.28. The van der Waals surface area contributed by atoms with Gasteiger partial charge in [-0.1, -0.05) is 12.2 Å². The number of ketones is 2. The number of methoxy groups -OCH3 is 8. The van der Waals surface area contributed by atoms with E-state index in [9.17, 15) is 9.59 Å². The van der Waals surface area contributed by atoms with Gasteiger partial charge in [-0.2, -0.15) is 0 Å². The molecule has 222 valence electrons. The average molecular weight is 579 g/mol. The van der Waals surface area contributed by atoms with Crippen molar-refractivity contribution >= 4 is 23.7 Å². The van der Waals surface area contributed by atoms with Crippen molar-refractivity contribution in [2.24, 2.45) is 0 Å². The Kier molecular flexibility index (Phi) is 10.8. The molecule has 0 radical (unpaired) electrons. The Morgan fingerprint density at radius 3 is 1.00 bits per heavy atom. The van der Waals surface area contributed by atoms with Crippen LogP contribution in [0.25, 0.3) is 12.2 Å². The summed E-state index contributed by atoms with van der Waals surface area (Å²) in [5.74, 6) is 2.34. The maximum atomic E-state index is 13.3. The quantitative estimate of drug-likeness (QED) is 0.179. The van der Waals surface area contributed by atoms with Gasteiger partial charge in [0.1, 0.15) is 11.5 Å². The van der Waals surface area contributed by atoms with Crippen molar-refractivity contribution < 1.29 is 47.5 Å². The van der Waals surface area contributed by atoms with Gasteiger partial charge in [-0.15, -0.1) is 0 Å². The summed E-state index contributed by atoms with van der Waals surface area (Å²) in [5.41, 5.74) is 1.61. The number of hydrogen-bond acceptors (Lipinski definition) is 10.